The molecule has 7 heteroatoms. The van der Waals surface area contributed by atoms with Crippen molar-refractivity contribution in [1.82, 2.24) is 9.55 Å². The van der Waals surface area contributed by atoms with Crippen molar-refractivity contribution in [3.8, 4) is 0 Å². The van der Waals surface area contributed by atoms with E-state index in [2.05, 4.69) is 15.6 Å². The van der Waals surface area contributed by atoms with Crippen LogP contribution in [0.1, 0.15) is 22.3 Å². The molecule has 0 bridgehead atoms. The number of rotatable bonds is 6. The van der Waals surface area contributed by atoms with Gasteiger partial charge in [-0.25, -0.2) is 9.37 Å². The number of aryl methyl sites for hydroxylation is 2. The average Bonchev–Trinajstić information content (AvgIpc) is 3.17. The van der Waals surface area contributed by atoms with Crippen LogP contribution in [0.3, 0.4) is 0 Å². The van der Waals surface area contributed by atoms with Gasteiger partial charge in [-0.05, 0) is 42.8 Å². The van der Waals surface area contributed by atoms with E-state index in [0.29, 0.717) is 17.8 Å². The van der Waals surface area contributed by atoms with E-state index >= 15 is 0 Å². The van der Waals surface area contributed by atoms with Crippen LogP contribution in [0.25, 0.3) is 0 Å². The molecular weight excluding hydrogens is 347 g/mol. The van der Waals surface area contributed by atoms with Gasteiger partial charge in [-0.15, -0.1) is 0 Å². The van der Waals surface area contributed by atoms with Crippen LogP contribution in [0.5, 0.6) is 0 Å². The van der Waals surface area contributed by atoms with E-state index in [9.17, 15) is 14.0 Å². The number of aromatic nitrogens is 2. The molecule has 3 rings (SSSR count). The van der Waals surface area contributed by atoms with Gasteiger partial charge in [0.05, 0.1) is 12.0 Å². The normalized spacial score (nSPS) is 10.4. The molecule has 2 aromatic carbocycles. The highest BCUT2D eigenvalue weighted by Gasteiger charge is 2.11. The Morgan fingerprint density at radius 1 is 1.15 bits per heavy atom. The molecule has 2 amide bonds. The number of carbonyl (C=O) groups is 2. The van der Waals surface area contributed by atoms with E-state index in [1.165, 1.54) is 6.07 Å². The summed E-state index contributed by atoms with van der Waals surface area (Å²) in [6.45, 7) is 2.33. The lowest BCUT2D eigenvalue weighted by Crippen LogP contribution is -2.16. The van der Waals surface area contributed by atoms with Crippen molar-refractivity contribution >= 4 is 23.2 Å². The highest BCUT2D eigenvalue weighted by Crippen LogP contribution is 2.18. The molecule has 0 aliphatic carbocycles. The molecule has 27 heavy (non-hydrogen) atoms. The smallest absolute Gasteiger partial charge is 0.255 e. The number of carbonyl (C=O) groups excluding carboxylic acids is 2. The Morgan fingerprint density at radius 3 is 2.78 bits per heavy atom. The lowest BCUT2D eigenvalue weighted by Gasteiger charge is -2.10. The quantitative estimate of drug-likeness (QED) is 0.700. The van der Waals surface area contributed by atoms with Gasteiger partial charge >= 0.3 is 0 Å². The predicted octanol–water partition coefficient (Wildman–Crippen LogP) is 3.61. The van der Waals surface area contributed by atoms with E-state index in [-0.39, 0.29) is 18.0 Å². The van der Waals surface area contributed by atoms with Crippen LogP contribution >= 0.6 is 0 Å². The maximum Gasteiger partial charge on any atom is 0.255 e. The van der Waals surface area contributed by atoms with E-state index in [0.717, 1.165) is 5.56 Å². The van der Waals surface area contributed by atoms with Crippen LogP contribution in [-0.4, -0.2) is 21.4 Å². The number of imidazole rings is 1. The van der Waals surface area contributed by atoms with Crippen molar-refractivity contribution in [3.05, 3.63) is 78.1 Å². The molecule has 1 heterocycles. The second kappa shape index (κ2) is 8.27. The first kappa shape index (κ1) is 18.3. The van der Waals surface area contributed by atoms with Crippen molar-refractivity contribution in [1.29, 1.82) is 0 Å². The largest absolute Gasteiger partial charge is 0.337 e. The minimum Gasteiger partial charge on any atom is -0.337 e. The fraction of sp³-hybridized carbons (Fsp3) is 0.150. The highest BCUT2D eigenvalue weighted by atomic mass is 19.1. The number of halogens is 1. The van der Waals surface area contributed by atoms with Crippen LogP contribution in [0.2, 0.25) is 0 Å². The molecule has 0 radical (unpaired) electrons. The number of nitrogens with one attached hydrogen (secondary N) is 2. The van der Waals surface area contributed by atoms with Gasteiger partial charge in [0.25, 0.3) is 5.91 Å². The van der Waals surface area contributed by atoms with Crippen LogP contribution in [-0.2, 0) is 11.3 Å². The fourth-order valence-corrected chi connectivity index (χ4v) is 2.54. The summed E-state index contributed by atoms with van der Waals surface area (Å²) in [5.41, 5.74) is 1.78. The molecule has 0 saturated heterocycles. The number of amides is 2. The summed E-state index contributed by atoms with van der Waals surface area (Å²) >= 11 is 0. The van der Waals surface area contributed by atoms with Gasteiger partial charge in [0.1, 0.15) is 5.82 Å². The second-order valence-electron chi connectivity index (χ2n) is 6.12. The van der Waals surface area contributed by atoms with Gasteiger partial charge in [-0.1, -0.05) is 12.1 Å². The Bertz CT molecular complexity index is 954. The van der Waals surface area contributed by atoms with E-state index < -0.39 is 11.7 Å². The van der Waals surface area contributed by atoms with Crippen molar-refractivity contribution in [2.24, 2.45) is 0 Å². The van der Waals surface area contributed by atoms with Gasteiger partial charge in [0, 0.05) is 36.6 Å². The fourth-order valence-electron chi connectivity index (χ4n) is 2.54. The molecule has 0 fully saturated rings. The van der Waals surface area contributed by atoms with Crippen molar-refractivity contribution in [3.63, 3.8) is 0 Å². The van der Waals surface area contributed by atoms with E-state index in [4.69, 9.17) is 0 Å². The lowest BCUT2D eigenvalue weighted by atomic mass is 10.1. The van der Waals surface area contributed by atoms with Crippen molar-refractivity contribution in [2.45, 2.75) is 19.9 Å². The number of nitrogens with zero attached hydrogens (tertiary/aromatic N) is 2. The summed E-state index contributed by atoms with van der Waals surface area (Å²) in [7, 11) is 0. The topological polar surface area (TPSA) is 76.0 Å². The van der Waals surface area contributed by atoms with Crippen molar-refractivity contribution < 1.29 is 14.0 Å². The Labute approximate surface area is 156 Å². The van der Waals surface area contributed by atoms with Gasteiger partial charge in [0.2, 0.25) is 5.91 Å². The summed E-state index contributed by atoms with van der Waals surface area (Å²) in [5, 5.41) is 5.31. The molecule has 3 aromatic rings. The molecule has 0 atom stereocenters. The third kappa shape index (κ3) is 5.01. The van der Waals surface area contributed by atoms with Crippen LogP contribution in [0.4, 0.5) is 15.8 Å². The molecular formula is C20H19FN4O2. The Hall–Kier alpha value is -3.48. The monoisotopic (exact) mass is 366 g/mol. The summed E-state index contributed by atoms with van der Waals surface area (Å²) in [6.07, 6.45) is 5.35. The third-order valence-corrected chi connectivity index (χ3v) is 3.93. The zero-order chi connectivity index (χ0) is 19.2. The predicted molar refractivity (Wildman–Crippen MR) is 101 cm³/mol. The van der Waals surface area contributed by atoms with Gasteiger partial charge in [-0.3, -0.25) is 9.59 Å². The minimum absolute atomic E-state index is 0.120. The van der Waals surface area contributed by atoms with Gasteiger partial charge in [-0.2, -0.15) is 0 Å². The average molecular weight is 366 g/mol. The van der Waals surface area contributed by atoms with E-state index in [1.807, 2.05) is 6.92 Å². The summed E-state index contributed by atoms with van der Waals surface area (Å²) in [6, 6.07) is 11.0. The third-order valence-electron chi connectivity index (χ3n) is 3.93. The number of hydrogen-bond donors (Lipinski definition) is 2. The zero-order valence-corrected chi connectivity index (χ0v) is 14.8. The minimum atomic E-state index is -0.502. The summed E-state index contributed by atoms with van der Waals surface area (Å²) < 4.78 is 15.6. The Morgan fingerprint density at radius 2 is 2.00 bits per heavy atom. The van der Waals surface area contributed by atoms with Crippen LogP contribution in [0, 0.1) is 12.7 Å². The van der Waals surface area contributed by atoms with Crippen LogP contribution in [0.15, 0.2) is 61.2 Å². The van der Waals surface area contributed by atoms with E-state index in [1.54, 1.807) is 59.7 Å². The maximum absolute atomic E-state index is 13.8. The van der Waals surface area contributed by atoms with Crippen molar-refractivity contribution in [2.75, 3.05) is 10.6 Å². The molecule has 6 nitrogen and oxygen atoms in total. The molecule has 0 aliphatic heterocycles. The second-order valence-corrected chi connectivity index (χ2v) is 6.12. The SMILES string of the molecule is Cc1ccc(F)c(NC(=O)c2cccc(NC(=O)CCn3ccnc3)c2)c1. The molecule has 0 saturated carbocycles. The first-order chi connectivity index (χ1) is 13.0. The molecule has 2 N–H and O–H groups in total. The molecule has 0 unspecified atom stereocenters. The lowest BCUT2D eigenvalue weighted by molar-refractivity contribution is -0.116. The molecule has 0 aliphatic rings. The summed E-state index contributed by atoms with van der Waals surface area (Å²) in [5.74, 6) is -1.13. The summed E-state index contributed by atoms with van der Waals surface area (Å²) in [4.78, 5) is 28.4. The van der Waals surface area contributed by atoms with Gasteiger partial charge in [0.15, 0.2) is 0 Å². The van der Waals surface area contributed by atoms with Gasteiger partial charge < -0.3 is 15.2 Å². The standard InChI is InChI=1S/C20H19FN4O2/c1-14-5-6-17(21)18(11-14)24-20(27)15-3-2-4-16(12-15)23-19(26)7-9-25-10-8-22-13-25/h2-6,8,10-13H,7,9H2,1H3,(H,23,26)(H,24,27). The number of benzene rings is 2. The number of anilines is 2. The zero-order valence-electron chi connectivity index (χ0n) is 14.8. The first-order valence-electron chi connectivity index (χ1n) is 8.44. The number of hydrogen-bond acceptors (Lipinski definition) is 3. The molecule has 1 aromatic heterocycles. The van der Waals surface area contributed by atoms with Crippen LogP contribution < -0.4 is 10.6 Å². The highest BCUT2D eigenvalue weighted by molar-refractivity contribution is 6.05. The molecule has 138 valence electrons. The molecule has 0 spiro atoms. The maximum atomic E-state index is 13.8. The first-order valence-corrected chi connectivity index (χ1v) is 8.44. The Kier molecular flexibility index (Phi) is 5.61. The Balaban J connectivity index is 1.63.